The van der Waals surface area contributed by atoms with Crippen LogP contribution in [0, 0.1) is 5.92 Å². The molecular weight excluding hydrogens is 220 g/mol. The molecule has 1 rings (SSSR count). The van der Waals surface area contributed by atoms with Crippen molar-refractivity contribution >= 4 is 0 Å². The molecule has 0 spiro atoms. The van der Waals surface area contributed by atoms with Crippen LogP contribution < -0.4 is 5.32 Å². The molecule has 0 amide bonds. The van der Waals surface area contributed by atoms with Gasteiger partial charge < -0.3 is 5.32 Å². The maximum atomic E-state index is 3.72. The molecular formula is C16H34N2. The van der Waals surface area contributed by atoms with E-state index in [1.54, 1.807) is 0 Å². The zero-order valence-electron chi connectivity index (χ0n) is 13.0. The smallest absolute Gasteiger partial charge is 0.0249 e. The highest BCUT2D eigenvalue weighted by Crippen LogP contribution is 2.25. The molecule has 2 heteroatoms. The summed E-state index contributed by atoms with van der Waals surface area (Å²) in [7, 11) is 0. The molecule has 2 nitrogen and oxygen atoms in total. The van der Waals surface area contributed by atoms with Crippen molar-refractivity contribution in [2.45, 2.75) is 78.3 Å². The molecule has 0 aromatic rings. The van der Waals surface area contributed by atoms with E-state index in [2.05, 4.69) is 37.9 Å². The quantitative estimate of drug-likeness (QED) is 0.711. The molecule has 0 radical (unpaired) electrons. The van der Waals surface area contributed by atoms with E-state index in [9.17, 15) is 0 Å². The molecule has 18 heavy (non-hydrogen) atoms. The Labute approximate surface area is 115 Å². The van der Waals surface area contributed by atoms with E-state index in [1.165, 1.54) is 51.6 Å². The van der Waals surface area contributed by atoms with E-state index >= 15 is 0 Å². The van der Waals surface area contributed by atoms with Gasteiger partial charge in [0.15, 0.2) is 0 Å². The molecule has 1 aliphatic rings. The Balaban J connectivity index is 2.59. The number of hydrogen-bond acceptors (Lipinski definition) is 2. The summed E-state index contributed by atoms with van der Waals surface area (Å²) >= 11 is 0. The Morgan fingerprint density at radius 3 is 2.28 bits per heavy atom. The van der Waals surface area contributed by atoms with Crippen LogP contribution in [0.3, 0.4) is 0 Å². The van der Waals surface area contributed by atoms with Crippen LogP contribution in [0.5, 0.6) is 0 Å². The first kappa shape index (κ1) is 16.0. The predicted octanol–water partition coefficient (Wildman–Crippen LogP) is 3.67. The number of likely N-dealkylation sites (N-methyl/N-ethyl adjacent to an activating group) is 2. The summed E-state index contributed by atoms with van der Waals surface area (Å²) < 4.78 is 0. The summed E-state index contributed by atoms with van der Waals surface area (Å²) in [5.41, 5.74) is 0. The summed E-state index contributed by atoms with van der Waals surface area (Å²) in [6.07, 6.45) is 8.25. The summed E-state index contributed by atoms with van der Waals surface area (Å²) in [6.45, 7) is 12.9. The average Bonchev–Trinajstić information content (AvgIpc) is 2.42. The molecule has 1 aliphatic carbocycles. The van der Waals surface area contributed by atoms with Crippen molar-refractivity contribution in [3.63, 3.8) is 0 Å². The lowest BCUT2D eigenvalue weighted by Crippen LogP contribution is -2.52. The highest BCUT2D eigenvalue weighted by molar-refractivity contribution is 4.88. The van der Waals surface area contributed by atoms with Gasteiger partial charge >= 0.3 is 0 Å². The molecule has 108 valence electrons. The van der Waals surface area contributed by atoms with Crippen molar-refractivity contribution in [2.24, 2.45) is 5.92 Å². The molecule has 1 N–H and O–H groups in total. The third-order valence-electron chi connectivity index (χ3n) is 4.72. The summed E-state index contributed by atoms with van der Waals surface area (Å²) in [4.78, 5) is 2.75. The maximum absolute atomic E-state index is 3.72. The second-order valence-corrected chi connectivity index (χ2v) is 5.79. The second-order valence-electron chi connectivity index (χ2n) is 5.79. The molecule has 1 fully saturated rings. The fourth-order valence-electron chi connectivity index (χ4n) is 3.43. The molecule has 0 aromatic carbocycles. The van der Waals surface area contributed by atoms with E-state index in [0.29, 0.717) is 0 Å². The standard InChI is InChI=1S/C16H34N2/c1-5-14(6-2)13-18(8-4)16-12-10-9-11-15(16)17-7-3/h14-17H,5-13H2,1-4H3. The molecule has 2 atom stereocenters. The van der Waals surface area contributed by atoms with E-state index in [4.69, 9.17) is 0 Å². The molecule has 0 bridgehead atoms. The minimum atomic E-state index is 0.734. The highest BCUT2D eigenvalue weighted by atomic mass is 15.2. The number of hydrogen-bond donors (Lipinski definition) is 1. The topological polar surface area (TPSA) is 15.3 Å². The van der Waals surface area contributed by atoms with E-state index in [-0.39, 0.29) is 0 Å². The van der Waals surface area contributed by atoms with Gasteiger partial charge in [0.1, 0.15) is 0 Å². The van der Waals surface area contributed by atoms with Crippen LogP contribution >= 0.6 is 0 Å². The Bertz CT molecular complexity index is 199. The molecule has 0 aromatic heterocycles. The fourth-order valence-corrected chi connectivity index (χ4v) is 3.43. The third kappa shape index (κ3) is 4.55. The van der Waals surface area contributed by atoms with Gasteiger partial charge in [-0.2, -0.15) is 0 Å². The second kappa shape index (κ2) is 8.92. The summed E-state index contributed by atoms with van der Waals surface area (Å²) in [5, 5.41) is 3.72. The lowest BCUT2D eigenvalue weighted by atomic mass is 9.88. The molecule has 0 heterocycles. The van der Waals surface area contributed by atoms with Gasteiger partial charge in [-0.3, -0.25) is 4.90 Å². The van der Waals surface area contributed by atoms with Crippen molar-refractivity contribution in [2.75, 3.05) is 19.6 Å². The maximum Gasteiger partial charge on any atom is 0.0249 e. The van der Waals surface area contributed by atoms with E-state index in [0.717, 1.165) is 24.5 Å². The fraction of sp³-hybridized carbons (Fsp3) is 1.00. The summed E-state index contributed by atoms with van der Waals surface area (Å²) in [6, 6.07) is 1.52. The van der Waals surface area contributed by atoms with Crippen LogP contribution in [0.25, 0.3) is 0 Å². The molecule has 0 aliphatic heterocycles. The van der Waals surface area contributed by atoms with Crippen molar-refractivity contribution in [1.82, 2.24) is 10.2 Å². The SMILES string of the molecule is CCNC1CCCCC1N(CC)CC(CC)CC. The number of rotatable bonds is 8. The number of nitrogens with zero attached hydrogens (tertiary/aromatic N) is 1. The van der Waals surface area contributed by atoms with Gasteiger partial charge in [0, 0.05) is 18.6 Å². The van der Waals surface area contributed by atoms with Gasteiger partial charge in [-0.15, -0.1) is 0 Å². The van der Waals surface area contributed by atoms with Gasteiger partial charge in [-0.25, -0.2) is 0 Å². The van der Waals surface area contributed by atoms with Gasteiger partial charge in [0.2, 0.25) is 0 Å². The van der Waals surface area contributed by atoms with Gasteiger partial charge in [-0.05, 0) is 31.8 Å². The lowest BCUT2D eigenvalue weighted by molar-refractivity contribution is 0.108. The minimum Gasteiger partial charge on any atom is -0.313 e. The summed E-state index contributed by atoms with van der Waals surface area (Å²) in [5.74, 6) is 0.883. The molecule has 0 saturated heterocycles. The Morgan fingerprint density at radius 2 is 1.72 bits per heavy atom. The van der Waals surface area contributed by atoms with Crippen molar-refractivity contribution in [3.05, 3.63) is 0 Å². The Kier molecular flexibility index (Phi) is 7.92. The van der Waals surface area contributed by atoms with E-state index < -0.39 is 0 Å². The first-order chi connectivity index (χ1) is 8.76. The highest BCUT2D eigenvalue weighted by Gasteiger charge is 2.29. The van der Waals surface area contributed by atoms with Crippen molar-refractivity contribution in [3.8, 4) is 0 Å². The average molecular weight is 254 g/mol. The largest absolute Gasteiger partial charge is 0.313 e. The van der Waals surface area contributed by atoms with Gasteiger partial charge in [0.05, 0.1) is 0 Å². The zero-order valence-corrected chi connectivity index (χ0v) is 13.0. The van der Waals surface area contributed by atoms with E-state index in [1.807, 2.05) is 0 Å². The zero-order chi connectivity index (χ0) is 13.4. The van der Waals surface area contributed by atoms with Crippen molar-refractivity contribution < 1.29 is 0 Å². The molecule has 2 unspecified atom stereocenters. The lowest BCUT2D eigenvalue weighted by Gasteiger charge is -2.41. The van der Waals surface area contributed by atoms with Gasteiger partial charge in [0.25, 0.3) is 0 Å². The third-order valence-corrected chi connectivity index (χ3v) is 4.72. The van der Waals surface area contributed by atoms with Crippen LogP contribution in [-0.4, -0.2) is 36.6 Å². The number of nitrogens with one attached hydrogen (secondary N) is 1. The monoisotopic (exact) mass is 254 g/mol. The first-order valence-corrected chi connectivity index (χ1v) is 8.24. The normalized spacial score (nSPS) is 25.0. The van der Waals surface area contributed by atoms with Crippen LogP contribution in [-0.2, 0) is 0 Å². The molecule has 1 saturated carbocycles. The van der Waals surface area contributed by atoms with Crippen LogP contribution in [0.4, 0.5) is 0 Å². The van der Waals surface area contributed by atoms with Crippen LogP contribution in [0.15, 0.2) is 0 Å². The van der Waals surface area contributed by atoms with Crippen LogP contribution in [0.1, 0.15) is 66.2 Å². The first-order valence-electron chi connectivity index (χ1n) is 8.24. The van der Waals surface area contributed by atoms with Gasteiger partial charge in [-0.1, -0.05) is 53.4 Å². The van der Waals surface area contributed by atoms with Crippen LogP contribution in [0.2, 0.25) is 0 Å². The van der Waals surface area contributed by atoms with Crippen molar-refractivity contribution in [1.29, 1.82) is 0 Å². The minimum absolute atomic E-state index is 0.734. The Hall–Kier alpha value is -0.0800. The predicted molar refractivity (Wildman–Crippen MR) is 81.0 cm³/mol. The Morgan fingerprint density at radius 1 is 1.06 bits per heavy atom.